The number of aromatic nitrogens is 7. The molecule has 8 heterocycles. The van der Waals surface area contributed by atoms with Gasteiger partial charge in [0.15, 0.2) is 0 Å². The molecule has 76 heavy (non-hydrogen) atoms. The number of nitrogens with one attached hydrogen (secondary N) is 6. The minimum atomic E-state index is -1.44. The number of carbonyl (C=O) groups is 6. The van der Waals surface area contributed by atoms with E-state index in [9.17, 15) is 44.1 Å². The van der Waals surface area contributed by atoms with E-state index in [4.69, 9.17) is 9.97 Å². The highest BCUT2D eigenvalue weighted by Gasteiger charge is 2.32. The van der Waals surface area contributed by atoms with E-state index in [0.29, 0.717) is 52.6 Å². The molecule has 0 radical (unpaired) electrons. The molecule has 6 atom stereocenters. The van der Waals surface area contributed by atoms with Gasteiger partial charge in [0, 0.05) is 45.2 Å². The number of amides is 6. The van der Waals surface area contributed by atoms with E-state index in [1.807, 2.05) is 13.8 Å². The number of rotatable bonds is 10. The molecule has 22 nitrogen and oxygen atoms in total. The summed E-state index contributed by atoms with van der Waals surface area (Å²) in [6.45, 7) is 11.4. The lowest BCUT2D eigenvalue weighted by molar-refractivity contribution is -0.124. The average molecular weight is 1140 g/mol. The van der Waals surface area contributed by atoms with Crippen molar-refractivity contribution in [3.8, 4) is 42.5 Å². The van der Waals surface area contributed by atoms with E-state index < -0.39 is 71.9 Å². The fraction of sp³-hybridized carbons (Fsp3) is 0.312. The predicted molar refractivity (Wildman–Crippen MR) is 290 cm³/mol. The summed E-state index contributed by atoms with van der Waals surface area (Å²) in [5.41, 5.74) is 2.04. The highest BCUT2D eigenvalue weighted by atomic mass is 32.1. The van der Waals surface area contributed by atoms with Gasteiger partial charge >= 0.3 is 0 Å². The fourth-order valence-electron chi connectivity index (χ4n) is 7.20. The highest BCUT2D eigenvalue weighted by Crippen LogP contribution is 2.40. The number of carbonyl (C=O) groups excluding carboxylic acids is 6. The molecule has 0 saturated heterocycles. The van der Waals surface area contributed by atoms with Crippen LogP contribution in [0.4, 0.5) is 0 Å². The van der Waals surface area contributed by atoms with Crippen molar-refractivity contribution in [1.29, 1.82) is 0 Å². The van der Waals surface area contributed by atoms with E-state index in [-0.39, 0.29) is 51.6 Å². The van der Waals surface area contributed by atoms with Crippen molar-refractivity contribution in [2.75, 3.05) is 6.54 Å². The second-order valence-corrected chi connectivity index (χ2v) is 22.7. The maximum atomic E-state index is 13.9. The molecule has 1 aliphatic rings. The number of hydrogen-bond donors (Lipinski definition) is 9. The van der Waals surface area contributed by atoms with Crippen molar-refractivity contribution in [3.63, 3.8) is 0 Å². The van der Waals surface area contributed by atoms with Crippen LogP contribution in [-0.2, 0) is 9.59 Å². The largest absolute Gasteiger partial charge is 0.392 e. The van der Waals surface area contributed by atoms with Crippen molar-refractivity contribution in [2.45, 2.75) is 84.9 Å². The Kier molecular flexibility index (Phi) is 17.5. The van der Waals surface area contributed by atoms with Gasteiger partial charge in [-0.2, -0.15) is 0 Å². The summed E-state index contributed by atoms with van der Waals surface area (Å²) in [5.74, 6) is -3.99. The van der Waals surface area contributed by atoms with Crippen molar-refractivity contribution in [2.24, 2.45) is 5.92 Å². The van der Waals surface area contributed by atoms with Gasteiger partial charge in [-0.25, -0.2) is 34.9 Å². The third kappa shape index (κ3) is 12.5. The molecular weight excluding hydrogens is 1100 g/mol. The molecule has 8 rings (SSSR count). The predicted octanol–water partition coefficient (Wildman–Crippen LogP) is 5.57. The zero-order valence-corrected chi connectivity index (χ0v) is 46.3. The molecule has 0 aromatic carbocycles. The molecule has 0 spiro atoms. The Morgan fingerprint density at radius 1 is 0.658 bits per heavy atom. The minimum Gasteiger partial charge on any atom is -0.392 e. The molecule has 7 aromatic heterocycles. The van der Waals surface area contributed by atoms with E-state index >= 15 is 0 Å². The summed E-state index contributed by atoms with van der Waals surface area (Å²) in [4.78, 5) is 114. The highest BCUT2D eigenvalue weighted by molar-refractivity contribution is 7.16. The lowest BCUT2D eigenvalue weighted by Gasteiger charge is -2.21. The van der Waals surface area contributed by atoms with Gasteiger partial charge in [0.05, 0.1) is 46.3 Å². The topological polar surface area (TPSA) is 326 Å². The summed E-state index contributed by atoms with van der Waals surface area (Å²) in [6, 6.07) is 0.391. The van der Waals surface area contributed by atoms with E-state index in [2.05, 4.69) is 56.8 Å². The van der Waals surface area contributed by atoms with Crippen LogP contribution >= 0.6 is 68.0 Å². The second-order valence-electron chi connectivity index (χ2n) is 17.4. The number of aliphatic hydroxyl groups excluding tert-OH is 3. The van der Waals surface area contributed by atoms with Crippen molar-refractivity contribution >= 4 is 109 Å². The number of aliphatic hydroxyl groups is 3. The zero-order valence-electron chi connectivity index (χ0n) is 41.4. The Labute approximate surface area is 458 Å². The molecule has 1 aliphatic heterocycles. The Bertz CT molecular complexity index is 3380. The summed E-state index contributed by atoms with van der Waals surface area (Å²) in [7, 11) is 0. The van der Waals surface area contributed by atoms with Gasteiger partial charge in [-0.05, 0) is 52.7 Å². The second kappa shape index (κ2) is 24.0. The van der Waals surface area contributed by atoms with Crippen LogP contribution in [0.2, 0.25) is 0 Å². The number of hydrogen-bond acceptors (Lipinski definition) is 22. The Hall–Kier alpha value is -6.89. The Morgan fingerprint density at radius 3 is 1.89 bits per heavy atom. The molecule has 7 aromatic rings. The van der Waals surface area contributed by atoms with E-state index in [0.717, 1.165) is 34.0 Å². The first-order valence-electron chi connectivity index (χ1n) is 23.3. The average Bonchev–Trinajstić information content (AvgIpc) is 4.26. The third-order valence-corrected chi connectivity index (χ3v) is 16.7. The Morgan fingerprint density at radius 2 is 1.24 bits per heavy atom. The number of thiazole rings is 6. The third-order valence-electron chi connectivity index (χ3n) is 11.2. The van der Waals surface area contributed by atoms with E-state index in [1.54, 1.807) is 49.0 Å². The van der Waals surface area contributed by atoms with Crippen LogP contribution in [0.15, 0.2) is 63.1 Å². The molecule has 0 aliphatic carbocycles. The van der Waals surface area contributed by atoms with Crippen LogP contribution in [0, 0.1) is 5.92 Å². The molecule has 8 bridgehead atoms. The molecule has 0 unspecified atom stereocenters. The maximum Gasteiger partial charge on any atom is 0.275 e. The fourth-order valence-corrected chi connectivity index (χ4v) is 12.6. The van der Waals surface area contributed by atoms with Crippen LogP contribution in [0.25, 0.3) is 48.2 Å². The van der Waals surface area contributed by atoms with Crippen molar-refractivity contribution < 1.29 is 44.1 Å². The van der Waals surface area contributed by atoms with Gasteiger partial charge in [0.2, 0.25) is 5.91 Å². The SMILES string of the molecule is C/C=C1\NC(=O)[C@@H]([C@H](C)O)NC(=O)c2csc(n2)-c2ccc(-c3nc(-c4nc(C(=O)N/C(=C/C)C(=O)NC[C@H](C)O)cs4)cs3)nc2-c2cnc(s2)[C@@H]([C@H](C)O)NC(=O)c2csc(n2)[C@H](C(C)C)NC(=O)c2csc1n2. The summed E-state index contributed by atoms with van der Waals surface area (Å²) in [5, 5.41) is 57.9. The first-order chi connectivity index (χ1) is 36.3. The summed E-state index contributed by atoms with van der Waals surface area (Å²) < 4.78 is 0. The summed E-state index contributed by atoms with van der Waals surface area (Å²) in [6.07, 6.45) is 1.29. The first-order valence-corrected chi connectivity index (χ1v) is 28.5. The monoisotopic (exact) mass is 1140 g/mol. The molecule has 0 fully saturated rings. The zero-order chi connectivity index (χ0) is 54.5. The number of fused-ring (bicyclic) bond motifs is 11. The van der Waals surface area contributed by atoms with Crippen molar-refractivity contribution in [3.05, 3.63) is 101 Å². The molecule has 6 amide bonds. The molecule has 9 N–H and O–H groups in total. The van der Waals surface area contributed by atoms with Crippen LogP contribution < -0.4 is 31.9 Å². The van der Waals surface area contributed by atoms with Crippen LogP contribution in [0.3, 0.4) is 0 Å². The number of nitrogens with zero attached hydrogens (tertiary/aromatic N) is 7. The number of allylic oxidation sites excluding steroid dienone is 2. The van der Waals surface area contributed by atoms with E-state index in [1.165, 1.54) is 77.0 Å². The normalized spacial score (nSPS) is 18.5. The van der Waals surface area contributed by atoms with Gasteiger partial charge in [0.1, 0.15) is 76.3 Å². The van der Waals surface area contributed by atoms with Crippen molar-refractivity contribution in [1.82, 2.24) is 66.8 Å². The lowest BCUT2D eigenvalue weighted by Crippen LogP contribution is -2.52. The van der Waals surface area contributed by atoms with Gasteiger partial charge in [-0.15, -0.1) is 68.0 Å². The summed E-state index contributed by atoms with van der Waals surface area (Å²) >= 11 is 6.98. The lowest BCUT2D eigenvalue weighted by atomic mass is 10.1. The smallest absolute Gasteiger partial charge is 0.275 e. The Balaban J connectivity index is 1.15. The van der Waals surface area contributed by atoms with Crippen LogP contribution in [-0.4, -0.2) is 117 Å². The van der Waals surface area contributed by atoms with Gasteiger partial charge in [-0.1, -0.05) is 26.0 Å². The van der Waals surface area contributed by atoms with Crippen LogP contribution in [0.1, 0.15) is 118 Å². The first kappa shape index (κ1) is 55.3. The standard InChI is InChI=1S/C48H49N13O9S6/c1-8-24(37(65)49-12-20(5)62)52-38(66)27-15-73-46(56-27)31-18-74-45(58-31)26-11-10-23-36(51-26)32-13-50-47(76-32)35(22(7)64)61-41(69)30-17-75-48(57-30)33(19(3)4)59-39(67)29-16-72-44(55-29)25(9-2)53-42(70)34(21(6)63)60-40(68)28-14-71-43(23)54-28/h8-11,13-22,33-35,62-64H,12H2,1-7H3,(H,49,65)(H,52,66)(H,53,70)(H,59,67)(H,60,68)(H,61,69)/b24-8+,25-9-/t20-,21-,22-,33-,34+,35+/m0/s1. The molecule has 396 valence electrons. The molecule has 0 saturated carbocycles. The molecule has 28 heteroatoms. The minimum absolute atomic E-state index is 0.000751. The van der Waals surface area contributed by atoms with Gasteiger partial charge < -0.3 is 47.2 Å². The number of pyridine rings is 1. The molecular formula is C48H49N13O9S6. The quantitative estimate of drug-likeness (QED) is 0.0756. The van der Waals surface area contributed by atoms with Crippen LogP contribution in [0.5, 0.6) is 0 Å². The van der Waals surface area contributed by atoms with Gasteiger partial charge in [0.25, 0.3) is 29.5 Å². The maximum absolute atomic E-state index is 13.9. The van der Waals surface area contributed by atoms with Gasteiger partial charge in [-0.3, -0.25) is 28.8 Å².